The van der Waals surface area contributed by atoms with Gasteiger partial charge in [0, 0.05) is 10.4 Å². The highest BCUT2D eigenvalue weighted by atomic mass is 32.1. The minimum absolute atomic E-state index is 0.264. The molecule has 1 aromatic heterocycles. The van der Waals surface area contributed by atoms with E-state index in [9.17, 15) is 14.4 Å². The van der Waals surface area contributed by atoms with Crippen LogP contribution in [-0.4, -0.2) is 43.3 Å². The molecular weight excluding hydrogens is 566 g/mol. The van der Waals surface area contributed by atoms with Gasteiger partial charge in [0.1, 0.15) is 16.5 Å². The summed E-state index contributed by atoms with van der Waals surface area (Å²) in [5.41, 5.74) is 5.15. The van der Waals surface area contributed by atoms with E-state index in [-0.39, 0.29) is 12.5 Å². The zero-order valence-electron chi connectivity index (χ0n) is 25.1. The van der Waals surface area contributed by atoms with Gasteiger partial charge in [0.15, 0.2) is 6.10 Å². The van der Waals surface area contributed by atoms with E-state index in [0.29, 0.717) is 34.4 Å². The summed E-state index contributed by atoms with van der Waals surface area (Å²) < 4.78 is 16.7. The summed E-state index contributed by atoms with van der Waals surface area (Å²) in [7, 11) is 0. The summed E-state index contributed by atoms with van der Waals surface area (Å²) in [5, 5.41) is 7.45. The van der Waals surface area contributed by atoms with Crippen molar-refractivity contribution >= 4 is 40.3 Å². The van der Waals surface area contributed by atoms with Crippen LogP contribution in [0.4, 0.5) is 5.00 Å². The van der Waals surface area contributed by atoms with Crippen molar-refractivity contribution in [2.75, 3.05) is 18.5 Å². The monoisotopic (exact) mass is 605 g/mol. The Morgan fingerprint density at radius 1 is 1.07 bits per heavy atom. The Kier molecular flexibility index (Phi) is 11.3. The van der Waals surface area contributed by atoms with Crippen molar-refractivity contribution in [3.05, 3.63) is 75.7 Å². The lowest BCUT2D eigenvalue weighted by Gasteiger charge is -2.18. The van der Waals surface area contributed by atoms with Crippen LogP contribution in [0.25, 0.3) is 0 Å². The number of fused-ring (bicyclic) bond motifs is 1. The summed E-state index contributed by atoms with van der Waals surface area (Å²) in [6, 6.07) is 13.9. The molecule has 0 saturated heterocycles. The van der Waals surface area contributed by atoms with Crippen molar-refractivity contribution in [1.82, 2.24) is 5.43 Å². The smallest absolute Gasteiger partial charge is 0.341 e. The molecule has 10 heteroatoms. The number of thiophene rings is 1. The first-order valence-corrected chi connectivity index (χ1v) is 15.6. The number of carbonyl (C=O) groups excluding carboxylic acids is 3. The number of nitrogens with one attached hydrogen (secondary N) is 2. The van der Waals surface area contributed by atoms with Gasteiger partial charge in [-0.05, 0) is 105 Å². The van der Waals surface area contributed by atoms with Crippen LogP contribution in [0.15, 0.2) is 53.6 Å². The fourth-order valence-corrected chi connectivity index (χ4v) is 6.02. The summed E-state index contributed by atoms with van der Waals surface area (Å²) in [6.07, 6.45) is 5.48. The quantitative estimate of drug-likeness (QED) is 0.101. The number of carbonyl (C=O) groups is 3. The Bertz CT molecular complexity index is 1430. The number of hydrogen-bond donors (Lipinski definition) is 2. The number of hydrazone groups is 1. The predicted octanol–water partition coefficient (Wildman–Crippen LogP) is 6.40. The van der Waals surface area contributed by atoms with Crippen molar-refractivity contribution in [2.24, 2.45) is 11.0 Å². The highest BCUT2D eigenvalue weighted by molar-refractivity contribution is 7.17. The average Bonchev–Trinajstić information content (AvgIpc) is 3.35. The van der Waals surface area contributed by atoms with E-state index in [0.717, 1.165) is 53.9 Å². The van der Waals surface area contributed by atoms with Crippen LogP contribution in [-0.2, 0) is 22.4 Å². The SMILES string of the molecule is CCCCOc1ccc(C=NNC(=O)C(C)Oc2ccc(C(=O)Nc3sc4c(c3C(=O)OCC)CCC(C)C4)cc2)cc1. The summed E-state index contributed by atoms with van der Waals surface area (Å²) >= 11 is 1.45. The van der Waals surface area contributed by atoms with E-state index in [1.807, 2.05) is 24.3 Å². The molecule has 0 bridgehead atoms. The number of unbranched alkanes of at least 4 members (excludes halogenated alkanes) is 1. The molecule has 1 aliphatic carbocycles. The second-order valence-electron chi connectivity index (χ2n) is 10.5. The molecule has 2 N–H and O–H groups in total. The lowest BCUT2D eigenvalue weighted by molar-refractivity contribution is -0.127. The normalized spacial score (nSPS) is 14.9. The Morgan fingerprint density at radius 3 is 2.49 bits per heavy atom. The lowest BCUT2D eigenvalue weighted by Crippen LogP contribution is -2.33. The number of benzene rings is 2. The maximum atomic E-state index is 13.1. The lowest BCUT2D eigenvalue weighted by atomic mass is 9.88. The third kappa shape index (κ3) is 8.67. The summed E-state index contributed by atoms with van der Waals surface area (Å²) in [5.74, 6) is 0.581. The Labute approximate surface area is 256 Å². The molecule has 1 heterocycles. The Hall–Kier alpha value is -4.18. The number of nitrogens with zero attached hydrogens (tertiary/aromatic N) is 1. The number of ether oxygens (including phenoxy) is 3. The number of rotatable bonds is 13. The van der Waals surface area contributed by atoms with Crippen molar-refractivity contribution in [1.29, 1.82) is 0 Å². The van der Waals surface area contributed by atoms with Crippen LogP contribution >= 0.6 is 11.3 Å². The molecule has 0 radical (unpaired) electrons. The summed E-state index contributed by atoms with van der Waals surface area (Å²) in [6.45, 7) is 8.64. The molecule has 0 spiro atoms. The second kappa shape index (κ2) is 15.3. The first-order chi connectivity index (χ1) is 20.8. The molecule has 43 heavy (non-hydrogen) atoms. The van der Waals surface area contributed by atoms with E-state index >= 15 is 0 Å². The van der Waals surface area contributed by atoms with Crippen LogP contribution in [0.3, 0.4) is 0 Å². The van der Waals surface area contributed by atoms with Crippen molar-refractivity contribution < 1.29 is 28.6 Å². The minimum Gasteiger partial charge on any atom is -0.494 e. The van der Waals surface area contributed by atoms with Gasteiger partial charge in [-0.15, -0.1) is 11.3 Å². The van der Waals surface area contributed by atoms with Gasteiger partial charge in [-0.25, -0.2) is 10.2 Å². The van der Waals surface area contributed by atoms with Gasteiger partial charge in [-0.2, -0.15) is 5.10 Å². The maximum Gasteiger partial charge on any atom is 0.341 e. The molecule has 0 saturated carbocycles. The molecule has 0 fully saturated rings. The molecule has 2 aromatic carbocycles. The molecule has 9 nitrogen and oxygen atoms in total. The van der Waals surface area contributed by atoms with Gasteiger partial charge in [-0.1, -0.05) is 20.3 Å². The standard InChI is InChI=1S/C33H39N3O6S/c1-5-7-18-41-25-13-9-23(10-14-25)20-34-36-30(37)22(4)42-26-15-11-24(12-16-26)31(38)35-32-29(33(39)40-6-2)27-17-8-21(3)19-28(27)43-32/h9-16,20-22H,5-8,17-19H2,1-4H3,(H,35,38)(H,36,37). The first-order valence-electron chi connectivity index (χ1n) is 14.7. The van der Waals surface area contributed by atoms with Crippen molar-refractivity contribution in [3.8, 4) is 11.5 Å². The van der Waals surface area contributed by atoms with Crippen molar-refractivity contribution in [2.45, 2.75) is 65.9 Å². The third-order valence-electron chi connectivity index (χ3n) is 7.05. The predicted molar refractivity (Wildman–Crippen MR) is 169 cm³/mol. The van der Waals surface area contributed by atoms with E-state index < -0.39 is 18.0 Å². The van der Waals surface area contributed by atoms with Crippen LogP contribution in [0.5, 0.6) is 11.5 Å². The van der Waals surface area contributed by atoms with E-state index in [1.165, 1.54) is 11.3 Å². The molecule has 228 valence electrons. The van der Waals surface area contributed by atoms with Gasteiger partial charge in [0.2, 0.25) is 0 Å². The highest BCUT2D eigenvalue weighted by Gasteiger charge is 2.29. The fraction of sp³-hybridized carbons (Fsp3) is 0.394. The summed E-state index contributed by atoms with van der Waals surface area (Å²) in [4.78, 5) is 39.5. The van der Waals surface area contributed by atoms with Gasteiger partial charge in [-0.3, -0.25) is 9.59 Å². The topological polar surface area (TPSA) is 115 Å². The molecule has 2 atom stereocenters. The molecule has 2 amide bonds. The molecule has 2 unspecified atom stereocenters. The van der Waals surface area contributed by atoms with Gasteiger partial charge < -0.3 is 19.5 Å². The maximum absolute atomic E-state index is 13.1. The van der Waals surface area contributed by atoms with Crippen LogP contribution in [0, 0.1) is 5.92 Å². The highest BCUT2D eigenvalue weighted by Crippen LogP contribution is 2.40. The number of anilines is 1. The fourth-order valence-electron chi connectivity index (χ4n) is 4.62. The molecule has 4 rings (SSSR count). The van der Waals surface area contributed by atoms with Gasteiger partial charge in [0.05, 0.1) is 25.0 Å². The number of amides is 2. The first kappa shape index (κ1) is 31.7. The van der Waals surface area contributed by atoms with E-state index in [2.05, 4.69) is 29.7 Å². The van der Waals surface area contributed by atoms with E-state index in [1.54, 1.807) is 44.3 Å². The number of esters is 1. The van der Waals surface area contributed by atoms with Gasteiger partial charge >= 0.3 is 5.97 Å². The zero-order chi connectivity index (χ0) is 30.8. The second-order valence-corrected chi connectivity index (χ2v) is 11.6. The molecule has 1 aliphatic rings. The minimum atomic E-state index is -0.821. The molecular formula is C33H39N3O6S. The Balaban J connectivity index is 1.31. The van der Waals surface area contributed by atoms with Crippen LogP contribution in [0.1, 0.15) is 83.7 Å². The van der Waals surface area contributed by atoms with Gasteiger partial charge in [0.25, 0.3) is 11.8 Å². The van der Waals surface area contributed by atoms with E-state index in [4.69, 9.17) is 14.2 Å². The zero-order valence-corrected chi connectivity index (χ0v) is 25.9. The molecule has 0 aliphatic heterocycles. The average molecular weight is 606 g/mol. The van der Waals surface area contributed by atoms with Crippen molar-refractivity contribution in [3.63, 3.8) is 0 Å². The molecule has 3 aromatic rings. The van der Waals surface area contributed by atoms with Crippen LogP contribution in [0.2, 0.25) is 0 Å². The largest absolute Gasteiger partial charge is 0.494 e. The third-order valence-corrected chi connectivity index (χ3v) is 8.22. The number of hydrogen-bond acceptors (Lipinski definition) is 8. The van der Waals surface area contributed by atoms with Crippen LogP contribution < -0.4 is 20.2 Å². The Morgan fingerprint density at radius 2 is 1.79 bits per heavy atom.